The van der Waals surface area contributed by atoms with Gasteiger partial charge < -0.3 is 25.3 Å². The SMILES string of the molecule is C1CNCCN1.O=P(O)(O)O.c1ccc(-c2ccccc2)cc1. The minimum absolute atomic E-state index is 1.14. The maximum atomic E-state index is 8.88. The summed E-state index contributed by atoms with van der Waals surface area (Å²) >= 11 is 0. The van der Waals surface area contributed by atoms with Gasteiger partial charge in [-0.25, -0.2) is 4.57 Å². The van der Waals surface area contributed by atoms with E-state index in [4.69, 9.17) is 19.2 Å². The molecule has 0 radical (unpaired) electrons. The fraction of sp³-hybridized carbons (Fsp3) is 0.250. The van der Waals surface area contributed by atoms with Gasteiger partial charge in [-0.1, -0.05) is 60.7 Å². The van der Waals surface area contributed by atoms with E-state index < -0.39 is 7.82 Å². The predicted octanol–water partition coefficient (Wildman–Crippen LogP) is 1.60. The molecule has 0 bridgehead atoms. The van der Waals surface area contributed by atoms with Gasteiger partial charge >= 0.3 is 7.82 Å². The van der Waals surface area contributed by atoms with Crippen LogP contribution in [0.3, 0.4) is 0 Å². The van der Waals surface area contributed by atoms with Crippen molar-refractivity contribution in [1.29, 1.82) is 0 Å². The lowest BCUT2D eigenvalue weighted by Crippen LogP contribution is -2.39. The van der Waals surface area contributed by atoms with E-state index in [-0.39, 0.29) is 0 Å². The maximum Gasteiger partial charge on any atom is 0.466 e. The molecule has 0 amide bonds. The number of nitrogens with one attached hydrogen (secondary N) is 2. The Kier molecular flexibility index (Phi) is 9.40. The van der Waals surface area contributed by atoms with Crippen molar-refractivity contribution in [2.75, 3.05) is 26.2 Å². The molecule has 2 aromatic rings. The smallest absolute Gasteiger partial charge is 0.314 e. The van der Waals surface area contributed by atoms with Crippen LogP contribution in [0.15, 0.2) is 60.7 Å². The first-order valence-corrected chi connectivity index (χ1v) is 8.83. The van der Waals surface area contributed by atoms with Crippen LogP contribution in [0.25, 0.3) is 11.1 Å². The third-order valence-electron chi connectivity index (χ3n) is 2.84. The molecule has 0 atom stereocenters. The average molecular weight is 338 g/mol. The van der Waals surface area contributed by atoms with Gasteiger partial charge in [0.1, 0.15) is 0 Å². The summed E-state index contributed by atoms with van der Waals surface area (Å²) in [5.41, 5.74) is 2.55. The second-order valence-electron chi connectivity index (χ2n) is 4.75. The molecule has 2 aromatic carbocycles. The van der Waals surface area contributed by atoms with E-state index in [2.05, 4.69) is 59.2 Å². The van der Waals surface area contributed by atoms with E-state index in [1.807, 2.05) is 12.1 Å². The van der Waals surface area contributed by atoms with Crippen molar-refractivity contribution in [3.63, 3.8) is 0 Å². The summed E-state index contributed by atoms with van der Waals surface area (Å²) in [4.78, 5) is 21.6. The van der Waals surface area contributed by atoms with E-state index in [9.17, 15) is 0 Å². The summed E-state index contributed by atoms with van der Waals surface area (Å²) in [6.07, 6.45) is 0. The molecule has 1 heterocycles. The van der Waals surface area contributed by atoms with Crippen molar-refractivity contribution >= 4 is 7.82 Å². The second kappa shape index (κ2) is 11.1. The number of benzene rings is 2. The predicted molar refractivity (Wildman–Crippen MR) is 91.9 cm³/mol. The highest BCUT2D eigenvalue weighted by Gasteiger charge is 2.00. The van der Waals surface area contributed by atoms with Crippen molar-refractivity contribution < 1.29 is 19.2 Å². The lowest BCUT2D eigenvalue weighted by molar-refractivity contribution is 0.275. The number of piperazine rings is 1. The highest BCUT2D eigenvalue weighted by molar-refractivity contribution is 7.45. The lowest BCUT2D eigenvalue weighted by atomic mass is 10.1. The molecule has 23 heavy (non-hydrogen) atoms. The first-order chi connectivity index (χ1) is 11.0. The monoisotopic (exact) mass is 338 g/mol. The Bertz CT molecular complexity index is 514. The first kappa shape index (κ1) is 19.5. The van der Waals surface area contributed by atoms with Crippen molar-refractivity contribution in [2.24, 2.45) is 0 Å². The Labute approximate surface area is 136 Å². The summed E-state index contributed by atoms with van der Waals surface area (Å²) in [5, 5.41) is 6.44. The average Bonchev–Trinajstić information content (AvgIpc) is 2.57. The molecule has 0 spiro atoms. The Morgan fingerprint density at radius 3 is 1.13 bits per heavy atom. The molecule has 1 fully saturated rings. The Hall–Kier alpha value is -1.53. The molecular weight excluding hydrogens is 315 g/mol. The molecule has 1 saturated heterocycles. The van der Waals surface area contributed by atoms with Crippen LogP contribution in [-0.4, -0.2) is 40.9 Å². The first-order valence-electron chi connectivity index (χ1n) is 7.27. The highest BCUT2D eigenvalue weighted by Crippen LogP contribution is 2.25. The van der Waals surface area contributed by atoms with Gasteiger partial charge in [0.25, 0.3) is 0 Å². The van der Waals surface area contributed by atoms with Crippen LogP contribution in [0, 0.1) is 0 Å². The minimum atomic E-state index is -4.64. The Balaban J connectivity index is 0.000000202. The van der Waals surface area contributed by atoms with Crippen molar-refractivity contribution in [1.82, 2.24) is 10.6 Å². The maximum absolute atomic E-state index is 8.88. The summed E-state index contributed by atoms with van der Waals surface area (Å²) < 4.78 is 8.88. The van der Waals surface area contributed by atoms with Gasteiger partial charge in [0.2, 0.25) is 0 Å². The minimum Gasteiger partial charge on any atom is -0.314 e. The Morgan fingerprint density at radius 2 is 0.913 bits per heavy atom. The molecule has 6 nitrogen and oxygen atoms in total. The van der Waals surface area contributed by atoms with Crippen molar-refractivity contribution in [3.05, 3.63) is 60.7 Å². The van der Waals surface area contributed by atoms with Gasteiger partial charge in [0.05, 0.1) is 0 Å². The fourth-order valence-electron chi connectivity index (χ4n) is 1.86. The zero-order valence-corrected chi connectivity index (χ0v) is 13.7. The van der Waals surface area contributed by atoms with Crippen LogP contribution in [0.1, 0.15) is 0 Å². The molecule has 0 unspecified atom stereocenters. The van der Waals surface area contributed by atoms with Crippen LogP contribution < -0.4 is 10.6 Å². The van der Waals surface area contributed by atoms with Gasteiger partial charge in [0.15, 0.2) is 0 Å². The van der Waals surface area contributed by atoms with Crippen LogP contribution in [0.2, 0.25) is 0 Å². The number of hydrogen-bond acceptors (Lipinski definition) is 3. The highest BCUT2D eigenvalue weighted by atomic mass is 31.2. The van der Waals surface area contributed by atoms with Crippen molar-refractivity contribution in [3.8, 4) is 11.1 Å². The zero-order valence-electron chi connectivity index (χ0n) is 12.8. The lowest BCUT2D eigenvalue weighted by Gasteiger charge is -2.11. The van der Waals surface area contributed by atoms with Crippen molar-refractivity contribution in [2.45, 2.75) is 0 Å². The van der Waals surface area contributed by atoms with Crippen LogP contribution in [-0.2, 0) is 4.57 Å². The number of hydrogen-bond donors (Lipinski definition) is 5. The molecule has 1 aliphatic heterocycles. The normalized spacial score (nSPS) is 13.9. The largest absolute Gasteiger partial charge is 0.466 e. The van der Waals surface area contributed by atoms with E-state index in [0.717, 1.165) is 26.2 Å². The van der Waals surface area contributed by atoms with E-state index >= 15 is 0 Å². The number of rotatable bonds is 1. The standard InChI is InChI=1S/C12H10.C4H10N2.H3O4P/c1-3-7-11(8-4-1)12-9-5-2-6-10-12;1-2-6-4-3-5-1;1-5(2,3)4/h1-10H;5-6H,1-4H2;(H3,1,2,3,4). The van der Waals surface area contributed by atoms with Gasteiger partial charge in [-0.3, -0.25) is 0 Å². The fourth-order valence-corrected chi connectivity index (χ4v) is 1.86. The van der Waals surface area contributed by atoms with Crippen LogP contribution in [0.5, 0.6) is 0 Å². The topological polar surface area (TPSA) is 102 Å². The van der Waals surface area contributed by atoms with Crippen LogP contribution >= 0.6 is 7.82 Å². The van der Waals surface area contributed by atoms with E-state index in [0.29, 0.717) is 0 Å². The molecule has 126 valence electrons. The summed E-state index contributed by atoms with van der Waals surface area (Å²) in [6, 6.07) is 20.8. The molecule has 3 rings (SSSR count). The second-order valence-corrected chi connectivity index (χ2v) is 5.77. The summed E-state index contributed by atoms with van der Waals surface area (Å²) in [7, 11) is -4.64. The zero-order chi connectivity index (χ0) is 17.0. The quantitative estimate of drug-likeness (QED) is 0.506. The molecule has 1 aliphatic rings. The molecule has 5 N–H and O–H groups in total. The Morgan fingerprint density at radius 1 is 0.652 bits per heavy atom. The summed E-state index contributed by atoms with van der Waals surface area (Å²) in [6.45, 7) is 4.56. The van der Waals surface area contributed by atoms with Gasteiger partial charge in [-0.15, -0.1) is 0 Å². The molecule has 0 aliphatic carbocycles. The van der Waals surface area contributed by atoms with Gasteiger partial charge in [0, 0.05) is 26.2 Å². The molecule has 0 aromatic heterocycles. The van der Waals surface area contributed by atoms with Gasteiger partial charge in [-0.05, 0) is 11.1 Å². The number of phosphoric acid groups is 1. The van der Waals surface area contributed by atoms with E-state index in [1.54, 1.807) is 0 Å². The van der Waals surface area contributed by atoms with E-state index in [1.165, 1.54) is 11.1 Å². The van der Waals surface area contributed by atoms with Gasteiger partial charge in [-0.2, -0.15) is 0 Å². The third kappa shape index (κ3) is 11.7. The molecule has 7 heteroatoms. The third-order valence-corrected chi connectivity index (χ3v) is 2.84. The molecule has 0 saturated carbocycles. The van der Waals surface area contributed by atoms with Crippen LogP contribution in [0.4, 0.5) is 0 Å². The summed E-state index contributed by atoms with van der Waals surface area (Å²) in [5.74, 6) is 0. The molecular formula is C16H23N2O4P.